The Morgan fingerprint density at radius 3 is 2.80 bits per heavy atom. The number of nitrogens with zero attached hydrogens (tertiary/aromatic N) is 3. The molecule has 0 radical (unpaired) electrons. The van der Waals surface area contributed by atoms with E-state index in [0.717, 1.165) is 49.4 Å². The van der Waals surface area contributed by atoms with Crippen LogP contribution in [0.3, 0.4) is 0 Å². The molecule has 7 nitrogen and oxygen atoms in total. The van der Waals surface area contributed by atoms with Gasteiger partial charge >= 0.3 is 0 Å². The molecular weight excluding hydrogens is 509 g/mol. The molecule has 1 aliphatic heterocycles. The van der Waals surface area contributed by atoms with Crippen molar-refractivity contribution < 1.29 is 18.7 Å². The van der Waals surface area contributed by atoms with Crippen LogP contribution in [0.1, 0.15) is 23.9 Å². The molecule has 2 aromatic heterocycles. The summed E-state index contributed by atoms with van der Waals surface area (Å²) in [7, 11) is 0. The molecule has 3 heterocycles. The van der Waals surface area contributed by atoms with Gasteiger partial charge in [-0.05, 0) is 37.6 Å². The summed E-state index contributed by atoms with van der Waals surface area (Å²) in [5.41, 5.74) is 1.28. The third-order valence-corrected chi connectivity index (χ3v) is 7.16. The number of rotatable bonds is 8. The van der Waals surface area contributed by atoms with E-state index in [2.05, 4.69) is 4.90 Å². The normalized spacial score (nSPS) is 14.2. The highest BCUT2D eigenvalue weighted by molar-refractivity contribution is 7.22. The number of para-hydroxylation sites is 2. The van der Waals surface area contributed by atoms with Crippen molar-refractivity contribution in [2.24, 2.45) is 0 Å². The van der Waals surface area contributed by atoms with Gasteiger partial charge in [-0.3, -0.25) is 14.6 Å². The zero-order chi connectivity index (χ0) is 23.5. The fourth-order valence-electron chi connectivity index (χ4n) is 4.12. The SMILES string of the molecule is CCOc1cccc2cc(C(=O)N(CCCN3CCOCC3)c3nc4c(Cl)cccc4s3)oc12.Cl. The van der Waals surface area contributed by atoms with Crippen molar-refractivity contribution in [2.75, 3.05) is 50.9 Å². The molecule has 5 rings (SSSR count). The highest BCUT2D eigenvalue weighted by atomic mass is 35.5. The van der Waals surface area contributed by atoms with Gasteiger partial charge in [-0.15, -0.1) is 12.4 Å². The van der Waals surface area contributed by atoms with Crippen LogP contribution in [0, 0.1) is 0 Å². The van der Waals surface area contributed by atoms with Gasteiger partial charge in [0.05, 0.1) is 29.5 Å². The van der Waals surface area contributed by atoms with E-state index in [1.54, 1.807) is 11.0 Å². The summed E-state index contributed by atoms with van der Waals surface area (Å²) in [6, 6.07) is 13.1. The predicted molar refractivity (Wildman–Crippen MR) is 143 cm³/mol. The molecule has 2 aromatic carbocycles. The topological polar surface area (TPSA) is 68.0 Å². The van der Waals surface area contributed by atoms with Crippen molar-refractivity contribution in [3.8, 4) is 5.75 Å². The number of ether oxygens (including phenoxy) is 2. The number of benzene rings is 2. The first-order valence-electron chi connectivity index (χ1n) is 11.5. The van der Waals surface area contributed by atoms with E-state index in [9.17, 15) is 4.79 Å². The largest absolute Gasteiger partial charge is 0.490 e. The molecular formula is C25H27Cl2N3O4S. The molecule has 0 N–H and O–H groups in total. The zero-order valence-corrected chi connectivity index (χ0v) is 21.8. The van der Waals surface area contributed by atoms with Gasteiger partial charge < -0.3 is 13.9 Å². The lowest BCUT2D eigenvalue weighted by Gasteiger charge is -2.27. The Kier molecular flexibility index (Phi) is 8.51. The van der Waals surface area contributed by atoms with Gasteiger partial charge in [0.1, 0.15) is 5.52 Å². The quantitative estimate of drug-likeness (QED) is 0.280. The first-order valence-corrected chi connectivity index (χ1v) is 12.7. The van der Waals surface area contributed by atoms with Crippen LogP contribution in [-0.2, 0) is 4.74 Å². The Hall–Kier alpha value is -2.36. The van der Waals surface area contributed by atoms with Crippen LogP contribution >= 0.6 is 35.3 Å². The minimum Gasteiger partial charge on any atom is -0.490 e. The third-order valence-electron chi connectivity index (χ3n) is 5.81. The summed E-state index contributed by atoms with van der Waals surface area (Å²) >= 11 is 7.82. The first-order chi connectivity index (χ1) is 16.6. The van der Waals surface area contributed by atoms with Gasteiger partial charge in [0.2, 0.25) is 0 Å². The van der Waals surface area contributed by atoms with E-state index in [1.807, 2.05) is 43.3 Å². The number of furan rings is 1. The maximum Gasteiger partial charge on any atom is 0.295 e. The van der Waals surface area contributed by atoms with Crippen molar-refractivity contribution in [2.45, 2.75) is 13.3 Å². The molecule has 0 unspecified atom stereocenters. The minimum absolute atomic E-state index is 0. The molecule has 1 aliphatic rings. The van der Waals surface area contributed by atoms with Crippen molar-refractivity contribution in [1.29, 1.82) is 0 Å². The maximum atomic E-state index is 13.7. The highest BCUT2D eigenvalue weighted by Gasteiger charge is 2.26. The van der Waals surface area contributed by atoms with Crippen molar-refractivity contribution in [3.63, 3.8) is 0 Å². The number of hydrogen-bond donors (Lipinski definition) is 0. The Morgan fingerprint density at radius 1 is 1.23 bits per heavy atom. The van der Waals surface area contributed by atoms with Gasteiger partial charge in [-0.2, -0.15) is 0 Å². The second-order valence-corrected chi connectivity index (χ2v) is 9.48. The Bertz CT molecular complexity index is 1300. The molecule has 186 valence electrons. The Balaban J connectivity index is 0.00000289. The number of carbonyl (C=O) groups excluding carboxylic acids is 1. The number of carbonyl (C=O) groups is 1. The van der Waals surface area contributed by atoms with E-state index in [-0.39, 0.29) is 24.1 Å². The van der Waals surface area contributed by atoms with Crippen LogP contribution in [0.25, 0.3) is 21.2 Å². The summed E-state index contributed by atoms with van der Waals surface area (Å²) in [5.74, 6) is 0.666. The minimum atomic E-state index is -0.226. The second-order valence-electron chi connectivity index (χ2n) is 8.07. The van der Waals surface area contributed by atoms with Gasteiger partial charge in [0.15, 0.2) is 22.2 Å². The number of anilines is 1. The smallest absolute Gasteiger partial charge is 0.295 e. The van der Waals surface area contributed by atoms with E-state index in [0.29, 0.717) is 40.2 Å². The molecule has 0 aliphatic carbocycles. The molecule has 35 heavy (non-hydrogen) atoms. The molecule has 1 saturated heterocycles. The molecule has 0 spiro atoms. The van der Waals surface area contributed by atoms with Crippen LogP contribution < -0.4 is 9.64 Å². The molecule has 1 fully saturated rings. The molecule has 4 aromatic rings. The number of aromatic nitrogens is 1. The second kappa shape index (κ2) is 11.6. The lowest BCUT2D eigenvalue weighted by Crippen LogP contribution is -2.39. The molecule has 0 atom stereocenters. The van der Waals surface area contributed by atoms with Crippen molar-refractivity contribution in [3.05, 3.63) is 53.2 Å². The molecule has 1 amide bonds. The van der Waals surface area contributed by atoms with E-state index < -0.39 is 0 Å². The summed E-state index contributed by atoms with van der Waals surface area (Å²) in [6.07, 6.45) is 0.805. The van der Waals surface area contributed by atoms with Gasteiger partial charge in [0, 0.05) is 31.6 Å². The Labute approximate surface area is 219 Å². The van der Waals surface area contributed by atoms with Gasteiger partial charge in [0.25, 0.3) is 5.91 Å². The number of halogens is 2. The number of thiazole rings is 1. The van der Waals surface area contributed by atoms with Crippen LogP contribution in [-0.4, -0.2) is 61.8 Å². The first kappa shape index (κ1) is 25.7. The average molecular weight is 536 g/mol. The van der Waals surface area contributed by atoms with Crippen LogP contribution in [0.5, 0.6) is 5.75 Å². The number of hydrogen-bond acceptors (Lipinski definition) is 7. The molecule has 0 saturated carbocycles. The van der Waals surface area contributed by atoms with Crippen LogP contribution in [0.15, 0.2) is 46.9 Å². The van der Waals surface area contributed by atoms with E-state index >= 15 is 0 Å². The number of morpholine rings is 1. The summed E-state index contributed by atoms with van der Waals surface area (Å²) in [4.78, 5) is 22.5. The van der Waals surface area contributed by atoms with Crippen molar-refractivity contribution in [1.82, 2.24) is 9.88 Å². The van der Waals surface area contributed by atoms with Crippen LogP contribution in [0.2, 0.25) is 5.02 Å². The lowest BCUT2D eigenvalue weighted by atomic mass is 10.2. The summed E-state index contributed by atoms with van der Waals surface area (Å²) in [6.45, 7) is 7.16. The van der Waals surface area contributed by atoms with Gasteiger partial charge in [-0.1, -0.05) is 41.1 Å². The monoisotopic (exact) mass is 535 g/mol. The average Bonchev–Trinajstić information content (AvgIpc) is 3.48. The number of fused-ring (bicyclic) bond motifs is 2. The fraction of sp³-hybridized carbons (Fsp3) is 0.360. The Morgan fingerprint density at radius 2 is 2.03 bits per heavy atom. The van der Waals surface area contributed by atoms with Crippen LogP contribution in [0.4, 0.5) is 5.13 Å². The fourth-order valence-corrected chi connectivity index (χ4v) is 5.41. The summed E-state index contributed by atoms with van der Waals surface area (Å²) < 4.78 is 18.1. The maximum absolute atomic E-state index is 13.7. The van der Waals surface area contributed by atoms with Gasteiger partial charge in [-0.25, -0.2) is 4.98 Å². The number of amides is 1. The van der Waals surface area contributed by atoms with Crippen molar-refractivity contribution >= 4 is 67.6 Å². The van der Waals surface area contributed by atoms with E-state index in [1.165, 1.54) is 11.3 Å². The lowest BCUT2D eigenvalue weighted by molar-refractivity contribution is 0.0376. The standard InChI is InChI=1S/C25H26ClN3O4S.ClH/c1-2-32-19-8-3-6-17-16-20(33-23(17)19)24(30)29(11-5-10-28-12-14-31-15-13-28)25-27-22-18(26)7-4-9-21(22)34-25;/h3-4,6-9,16H,2,5,10-15H2,1H3;1H. The van der Waals surface area contributed by atoms with E-state index in [4.69, 9.17) is 30.5 Å². The highest BCUT2D eigenvalue weighted by Crippen LogP contribution is 2.35. The molecule has 10 heteroatoms. The summed E-state index contributed by atoms with van der Waals surface area (Å²) in [5, 5.41) is 2.02. The molecule has 0 bridgehead atoms. The zero-order valence-electron chi connectivity index (χ0n) is 19.4. The third kappa shape index (κ3) is 5.57. The predicted octanol–water partition coefficient (Wildman–Crippen LogP) is 5.89.